The van der Waals surface area contributed by atoms with Crippen molar-refractivity contribution in [1.29, 1.82) is 0 Å². The van der Waals surface area contributed by atoms with Crippen LogP contribution in [0.4, 0.5) is 0 Å². The van der Waals surface area contributed by atoms with Gasteiger partial charge in [-0.1, -0.05) is 47.3 Å². The smallest absolute Gasteiger partial charge is 0.0420 e. The number of nitrogens with two attached hydrogens (primary N) is 1. The molecule has 0 aromatic heterocycles. The van der Waals surface area contributed by atoms with E-state index in [9.17, 15) is 0 Å². The number of hydrogen-bond acceptors (Lipinski definition) is 1. The second-order valence-corrected chi connectivity index (χ2v) is 5.55. The molecule has 0 aliphatic heterocycles. The van der Waals surface area contributed by atoms with E-state index in [0.29, 0.717) is 0 Å². The van der Waals surface area contributed by atoms with Crippen LogP contribution < -0.4 is 5.73 Å². The predicted molar refractivity (Wildman–Crippen MR) is 75.1 cm³/mol. The van der Waals surface area contributed by atoms with Crippen molar-refractivity contribution in [2.45, 2.75) is 44.6 Å². The third kappa shape index (κ3) is 2.79. The van der Waals surface area contributed by atoms with Crippen LogP contribution in [0.3, 0.4) is 0 Å². The maximum absolute atomic E-state index is 6.50. The number of rotatable bonds is 1. The maximum Gasteiger partial charge on any atom is 0.0420 e. The van der Waals surface area contributed by atoms with Crippen LogP contribution in [-0.2, 0) is 5.54 Å². The summed E-state index contributed by atoms with van der Waals surface area (Å²) in [6.07, 6.45) is 6.10. The first-order chi connectivity index (χ1) is 7.12. The van der Waals surface area contributed by atoms with Crippen LogP contribution in [0.2, 0.25) is 0 Å². The van der Waals surface area contributed by atoms with Crippen LogP contribution in [0.25, 0.3) is 0 Å². The molecule has 0 bridgehead atoms. The molecule has 2 rings (SSSR count). The van der Waals surface area contributed by atoms with Gasteiger partial charge in [-0.15, -0.1) is 12.4 Å². The van der Waals surface area contributed by atoms with Gasteiger partial charge in [0.05, 0.1) is 0 Å². The van der Waals surface area contributed by atoms with Gasteiger partial charge >= 0.3 is 0 Å². The molecule has 1 saturated carbocycles. The highest BCUT2D eigenvalue weighted by molar-refractivity contribution is 9.10. The molecular formula is C13H19BrClN. The van der Waals surface area contributed by atoms with Gasteiger partial charge in [0, 0.05) is 10.0 Å². The molecule has 1 fully saturated rings. The molecule has 0 atom stereocenters. The lowest BCUT2D eigenvalue weighted by atomic mass is 9.77. The molecule has 1 aliphatic rings. The zero-order valence-electron chi connectivity index (χ0n) is 9.63. The van der Waals surface area contributed by atoms with Gasteiger partial charge in [-0.25, -0.2) is 0 Å². The second kappa shape index (κ2) is 5.52. The van der Waals surface area contributed by atoms with E-state index in [1.807, 2.05) is 0 Å². The zero-order valence-corrected chi connectivity index (χ0v) is 12.0. The Bertz CT molecular complexity index is 359. The van der Waals surface area contributed by atoms with Gasteiger partial charge in [-0.3, -0.25) is 0 Å². The molecule has 0 spiro atoms. The second-order valence-electron chi connectivity index (χ2n) is 4.70. The standard InChI is InChI=1S/C13H18BrN.ClH/c1-10-5-6-11(12(14)9-10)13(15)7-3-2-4-8-13;/h5-6,9H,2-4,7-8,15H2,1H3;1H. The highest BCUT2D eigenvalue weighted by atomic mass is 79.9. The van der Waals surface area contributed by atoms with Crippen LogP contribution >= 0.6 is 28.3 Å². The van der Waals surface area contributed by atoms with Crippen molar-refractivity contribution >= 4 is 28.3 Å². The fraction of sp³-hybridized carbons (Fsp3) is 0.538. The molecule has 2 N–H and O–H groups in total. The topological polar surface area (TPSA) is 26.0 Å². The van der Waals surface area contributed by atoms with Gasteiger partial charge < -0.3 is 5.73 Å². The molecule has 1 aromatic carbocycles. The minimum absolute atomic E-state index is 0. The van der Waals surface area contributed by atoms with E-state index >= 15 is 0 Å². The molecule has 1 aromatic rings. The van der Waals surface area contributed by atoms with E-state index in [4.69, 9.17) is 5.73 Å². The van der Waals surface area contributed by atoms with Crippen LogP contribution in [0.5, 0.6) is 0 Å². The summed E-state index contributed by atoms with van der Waals surface area (Å²) in [7, 11) is 0. The third-order valence-corrected chi connectivity index (χ3v) is 4.06. The Morgan fingerprint density at radius 2 is 1.81 bits per heavy atom. The zero-order chi connectivity index (χ0) is 10.9. The lowest BCUT2D eigenvalue weighted by Gasteiger charge is -2.34. The summed E-state index contributed by atoms with van der Waals surface area (Å²) in [6, 6.07) is 6.51. The largest absolute Gasteiger partial charge is 0.321 e. The molecule has 0 unspecified atom stereocenters. The first-order valence-corrected chi connectivity index (χ1v) is 6.47. The Kier molecular flexibility index (Phi) is 4.84. The van der Waals surface area contributed by atoms with Crippen molar-refractivity contribution in [3.8, 4) is 0 Å². The average Bonchev–Trinajstić information content (AvgIpc) is 2.18. The molecule has 0 amide bonds. The molecule has 0 radical (unpaired) electrons. The quantitative estimate of drug-likeness (QED) is 0.822. The summed E-state index contributed by atoms with van der Waals surface area (Å²) in [5.74, 6) is 0. The summed E-state index contributed by atoms with van der Waals surface area (Å²) in [5, 5.41) is 0. The van der Waals surface area contributed by atoms with Crippen molar-refractivity contribution in [2.24, 2.45) is 5.73 Å². The van der Waals surface area contributed by atoms with Crippen molar-refractivity contribution in [3.05, 3.63) is 33.8 Å². The van der Waals surface area contributed by atoms with Crippen LogP contribution in [0.15, 0.2) is 22.7 Å². The Labute approximate surface area is 112 Å². The van der Waals surface area contributed by atoms with Gasteiger partial charge in [0.1, 0.15) is 0 Å². The first-order valence-electron chi connectivity index (χ1n) is 5.67. The predicted octanol–water partition coefficient (Wildman–Crippen LogP) is 4.30. The molecule has 0 saturated heterocycles. The fourth-order valence-electron chi connectivity index (χ4n) is 2.48. The summed E-state index contributed by atoms with van der Waals surface area (Å²) < 4.78 is 1.17. The van der Waals surface area contributed by atoms with E-state index in [0.717, 1.165) is 12.8 Å². The van der Waals surface area contributed by atoms with Gasteiger partial charge in [-0.05, 0) is 37.0 Å². The highest BCUT2D eigenvalue weighted by Gasteiger charge is 2.30. The minimum atomic E-state index is -0.0925. The maximum atomic E-state index is 6.50. The average molecular weight is 305 g/mol. The SMILES string of the molecule is Cc1ccc(C2(N)CCCCC2)c(Br)c1.Cl. The molecule has 0 heterocycles. The third-order valence-electron chi connectivity index (χ3n) is 3.41. The van der Waals surface area contributed by atoms with E-state index < -0.39 is 0 Å². The van der Waals surface area contributed by atoms with E-state index in [1.54, 1.807) is 0 Å². The van der Waals surface area contributed by atoms with E-state index in [2.05, 4.69) is 41.1 Å². The molecule has 1 nitrogen and oxygen atoms in total. The van der Waals surface area contributed by atoms with E-state index in [1.165, 1.54) is 34.9 Å². The summed E-state index contributed by atoms with van der Waals surface area (Å²) >= 11 is 3.64. The lowest BCUT2D eigenvalue weighted by Crippen LogP contribution is -2.38. The summed E-state index contributed by atoms with van der Waals surface area (Å²) in [6.45, 7) is 2.11. The van der Waals surface area contributed by atoms with Gasteiger partial charge in [-0.2, -0.15) is 0 Å². The number of benzene rings is 1. The van der Waals surface area contributed by atoms with Crippen molar-refractivity contribution in [2.75, 3.05) is 0 Å². The number of aryl methyl sites for hydroxylation is 1. The fourth-order valence-corrected chi connectivity index (χ4v) is 3.36. The van der Waals surface area contributed by atoms with Crippen molar-refractivity contribution in [1.82, 2.24) is 0 Å². The molecule has 16 heavy (non-hydrogen) atoms. The Hall–Kier alpha value is -0.0500. The Morgan fingerprint density at radius 3 is 2.38 bits per heavy atom. The summed E-state index contributed by atoms with van der Waals surface area (Å²) in [4.78, 5) is 0. The molecule has 90 valence electrons. The lowest BCUT2D eigenvalue weighted by molar-refractivity contribution is 0.301. The minimum Gasteiger partial charge on any atom is -0.321 e. The Morgan fingerprint density at radius 1 is 1.19 bits per heavy atom. The van der Waals surface area contributed by atoms with Gasteiger partial charge in [0.15, 0.2) is 0 Å². The van der Waals surface area contributed by atoms with Crippen molar-refractivity contribution < 1.29 is 0 Å². The van der Waals surface area contributed by atoms with Crippen LogP contribution in [-0.4, -0.2) is 0 Å². The normalized spacial score (nSPS) is 18.9. The molecule has 1 aliphatic carbocycles. The van der Waals surface area contributed by atoms with Gasteiger partial charge in [0.2, 0.25) is 0 Å². The Balaban J connectivity index is 0.00000128. The van der Waals surface area contributed by atoms with Crippen LogP contribution in [0.1, 0.15) is 43.2 Å². The molecule has 3 heteroatoms. The van der Waals surface area contributed by atoms with E-state index in [-0.39, 0.29) is 17.9 Å². The highest BCUT2D eigenvalue weighted by Crippen LogP contribution is 2.38. The van der Waals surface area contributed by atoms with Crippen LogP contribution in [0, 0.1) is 6.92 Å². The first kappa shape index (κ1) is 14.0. The van der Waals surface area contributed by atoms with Crippen molar-refractivity contribution in [3.63, 3.8) is 0 Å². The number of hydrogen-bond donors (Lipinski definition) is 1. The van der Waals surface area contributed by atoms with Gasteiger partial charge in [0.25, 0.3) is 0 Å². The molecular weight excluding hydrogens is 286 g/mol. The number of halogens is 2. The summed E-state index contributed by atoms with van der Waals surface area (Å²) in [5.41, 5.74) is 8.98. The monoisotopic (exact) mass is 303 g/mol.